The Morgan fingerprint density at radius 3 is 2.57 bits per heavy atom. The predicted octanol–water partition coefficient (Wildman–Crippen LogP) is -1.83. The minimum Gasteiger partial charge on any atom is -0.366 e. The average Bonchev–Trinajstić information content (AvgIpc) is 2.22. The molecule has 0 aromatic rings. The summed E-state index contributed by atoms with van der Waals surface area (Å²) in [5, 5.41) is 8.44. The van der Waals surface area contributed by atoms with Gasteiger partial charge in [-0.2, -0.15) is 0 Å². The third-order valence-electron chi connectivity index (χ3n) is 0.875. The van der Waals surface area contributed by atoms with Gasteiger partial charge in [-0.3, -0.25) is 11.3 Å². The van der Waals surface area contributed by atoms with Gasteiger partial charge in [0.15, 0.2) is 6.29 Å². The van der Waals surface area contributed by atoms with E-state index >= 15 is 0 Å². The minimum atomic E-state index is -0.573. The topological polar surface area (TPSA) is 70.8 Å². The van der Waals surface area contributed by atoms with Gasteiger partial charge in [0.1, 0.15) is 6.10 Å². The van der Waals surface area contributed by atoms with Crippen molar-refractivity contribution in [3.63, 3.8) is 0 Å². The van der Waals surface area contributed by atoms with E-state index in [0.29, 0.717) is 6.54 Å². The number of hydrogen-bond acceptors (Lipinski definition) is 4. The molecule has 0 saturated carbocycles. The van der Waals surface area contributed by atoms with Gasteiger partial charge in [-0.15, -0.1) is 0 Å². The molecule has 42 valence electrons. The maximum Gasteiger partial charge on any atom is 0.183 e. The molecule has 0 bridgehead atoms. The Labute approximate surface area is 41.2 Å². The number of epoxide rings is 1. The minimum absolute atomic E-state index is 0.0648. The Balaban J connectivity index is 1.98. The quantitative estimate of drug-likeness (QED) is 0.219. The molecule has 1 aliphatic heterocycles. The zero-order valence-corrected chi connectivity index (χ0v) is 3.79. The van der Waals surface area contributed by atoms with Crippen LogP contribution in [0.1, 0.15) is 0 Å². The number of nitrogens with two attached hydrogens (primary N) is 1. The second-order valence-corrected chi connectivity index (χ2v) is 1.47. The lowest BCUT2D eigenvalue weighted by Gasteiger charge is -1.86. The Morgan fingerprint density at radius 1 is 1.86 bits per heavy atom. The molecule has 0 aromatic carbocycles. The molecule has 4 heteroatoms. The first-order valence-corrected chi connectivity index (χ1v) is 2.11. The summed E-state index contributed by atoms with van der Waals surface area (Å²) in [5.74, 6) is 4.89. The molecule has 0 amide bonds. The maximum absolute atomic E-state index is 8.44. The number of hydrazine groups is 1. The van der Waals surface area contributed by atoms with Crippen LogP contribution in [-0.4, -0.2) is 24.0 Å². The molecule has 0 aliphatic carbocycles. The van der Waals surface area contributed by atoms with Crippen LogP contribution in [0.3, 0.4) is 0 Å². The van der Waals surface area contributed by atoms with Crippen LogP contribution in [0.5, 0.6) is 0 Å². The number of hydrogen-bond donors (Lipinski definition) is 3. The highest BCUT2D eigenvalue weighted by molar-refractivity contribution is 4.75. The van der Waals surface area contributed by atoms with Gasteiger partial charge in [0.2, 0.25) is 0 Å². The van der Waals surface area contributed by atoms with Gasteiger partial charge in [0.25, 0.3) is 0 Å². The van der Waals surface area contributed by atoms with E-state index in [1.165, 1.54) is 0 Å². The molecule has 0 spiro atoms. The molecule has 0 aromatic heterocycles. The number of ether oxygens (including phenoxy) is 1. The second kappa shape index (κ2) is 1.75. The van der Waals surface area contributed by atoms with Crippen molar-refractivity contribution in [3.05, 3.63) is 0 Å². The van der Waals surface area contributed by atoms with Crippen molar-refractivity contribution in [2.24, 2.45) is 5.84 Å². The summed E-state index contributed by atoms with van der Waals surface area (Å²) in [5.41, 5.74) is 2.38. The van der Waals surface area contributed by atoms with Crippen molar-refractivity contribution in [1.82, 2.24) is 5.43 Å². The predicted molar refractivity (Wildman–Crippen MR) is 23.1 cm³/mol. The van der Waals surface area contributed by atoms with Gasteiger partial charge in [-0.1, -0.05) is 0 Å². The van der Waals surface area contributed by atoms with Gasteiger partial charge in [0, 0.05) is 6.54 Å². The van der Waals surface area contributed by atoms with Crippen LogP contribution in [0, 0.1) is 0 Å². The summed E-state index contributed by atoms with van der Waals surface area (Å²) < 4.78 is 4.57. The van der Waals surface area contributed by atoms with E-state index in [1.807, 2.05) is 0 Å². The van der Waals surface area contributed by atoms with Gasteiger partial charge < -0.3 is 9.84 Å². The number of rotatable bonds is 2. The highest BCUT2D eigenvalue weighted by Crippen LogP contribution is 2.16. The van der Waals surface area contributed by atoms with Crippen LogP contribution in [0.4, 0.5) is 0 Å². The Hall–Kier alpha value is -0.160. The lowest BCUT2D eigenvalue weighted by molar-refractivity contribution is 0.156. The molecule has 1 saturated heterocycles. The summed E-state index contributed by atoms with van der Waals surface area (Å²) >= 11 is 0. The van der Waals surface area contributed by atoms with Crippen LogP contribution in [0.15, 0.2) is 0 Å². The first kappa shape index (κ1) is 4.99. The molecule has 2 unspecified atom stereocenters. The van der Waals surface area contributed by atoms with Crippen molar-refractivity contribution >= 4 is 0 Å². The maximum atomic E-state index is 8.44. The van der Waals surface area contributed by atoms with Crippen molar-refractivity contribution < 1.29 is 9.84 Å². The van der Waals surface area contributed by atoms with Gasteiger partial charge in [-0.25, -0.2) is 0 Å². The fourth-order valence-electron chi connectivity index (χ4n) is 0.399. The Morgan fingerprint density at radius 2 is 2.43 bits per heavy atom. The molecule has 7 heavy (non-hydrogen) atoms. The van der Waals surface area contributed by atoms with Crippen LogP contribution < -0.4 is 11.3 Å². The lowest BCUT2D eigenvalue weighted by Crippen LogP contribution is -2.27. The van der Waals surface area contributed by atoms with E-state index in [0.717, 1.165) is 0 Å². The van der Waals surface area contributed by atoms with Crippen LogP contribution >= 0.6 is 0 Å². The number of aliphatic hydroxyl groups is 1. The summed E-state index contributed by atoms with van der Waals surface area (Å²) in [6.45, 7) is 0.529. The van der Waals surface area contributed by atoms with Crippen molar-refractivity contribution in [1.29, 1.82) is 0 Å². The first-order chi connectivity index (χ1) is 3.34. The molecule has 4 N–H and O–H groups in total. The summed E-state index contributed by atoms with van der Waals surface area (Å²) in [6, 6.07) is 0. The SMILES string of the molecule is NNCC1OC1O. The van der Waals surface area contributed by atoms with Gasteiger partial charge in [0.05, 0.1) is 0 Å². The van der Waals surface area contributed by atoms with E-state index in [2.05, 4.69) is 10.2 Å². The lowest BCUT2D eigenvalue weighted by atomic mass is 10.5. The second-order valence-electron chi connectivity index (χ2n) is 1.47. The van der Waals surface area contributed by atoms with E-state index in [9.17, 15) is 0 Å². The Kier molecular flexibility index (Phi) is 1.25. The molecular weight excluding hydrogens is 96.0 g/mol. The van der Waals surface area contributed by atoms with Gasteiger partial charge >= 0.3 is 0 Å². The fourth-order valence-corrected chi connectivity index (χ4v) is 0.399. The molecule has 1 heterocycles. The summed E-state index contributed by atoms with van der Waals surface area (Å²) in [7, 11) is 0. The van der Waals surface area contributed by atoms with Gasteiger partial charge in [-0.05, 0) is 0 Å². The largest absolute Gasteiger partial charge is 0.366 e. The van der Waals surface area contributed by atoms with E-state index in [4.69, 9.17) is 10.9 Å². The Bertz CT molecular complexity index is 68.0. The highest BCUT2D eigenvalue weighted by Gasteiger charge is 2.35. The molecular formula is C3H8N2O2. The summed E-state index contributed by atoms with van der Waals surface area (Å²) in [4.78, 5) is 0. The molecule has 2 atom stereocenters. The normalized spacial score (nSPS) is 38.6. The van der Waals surface area contributed by atoms with Crippen molar-refractivity contribution in [2.75, 3.05) is 6.54 Å². The van der Waals surface area contributed by atoms with E-state index in [-0.39, 0.29) is 6.10 Å². The first-order valence-electron chi connectivity index (χ1n) is 2.11. The third-order valence-corrected chi connectivity index (χ3v) is 0.875. The molecule has 1 fully saturated rings. The average molecular weight is 104 g/mol. The van der Waals surface area contributed by atoms with E-state index < -0.39 is 6.29 Å². The monoisotopic (exact) mass is 104 g/mol. The smallest absolute Gasteiger partial charge is 0.183 e. The summed E-state index contributed by atoms with van der Waals surface area (Å²) in [6.07, 6.45) is -0.638. The van der Waals surface area contributed by atoms with E-state index in [1.54, 1.807) is 0 Å². The third kappa shape index (κ3) is 1.10. The van der Waals surface area contributed by atoms with Crippen LogP contribution in [0.25, 0.3) is 0 Å². The van der Waals surface area contributed by atoms with Crippen molar-refractivity contribution in [2.45, 2.75) is 12.4 Å². The highest BCUT2D eigenvalue weighted by atomic mass is 16.7. The standard InChI is InChI=1S/C3H8N2O2/c4-5-1-2-3(6)7-2/h2-3,5-6H,1,4H2. The zero-order chi connectivity index (χ0) is 5.28. The number of nitrogens with one attached hydrogen (secondary N) is 1. The molecule has 1 rings (SSSR count). The fraction of sp³-hybridized carbons (Fsp3) is 1.00. The zero-order valence-electron chi connectivity index (χ0n) is 3.79. The number of aliphatic hydroxyl groups excluding tert-OH is 1. The molecule has 0 radical (unpaired) electrons. The van der Waals surface area contributed by atoms with Crippen molar-refractivity contribution in [3.8, 4) is 0 Å². The molecule has 1 aliphatic rings. The van der Waals surface area contributed by atoms with Crippen LogP contribution in [0.2, 0.25) is 0 Å². The van der Waals surface area contributed by atoms with Crippen LogP contribution in [-0.2, 0) is 4.74 Å². The molecule has 4 nitrogen and oxygen atoms in total.